The quantitative estimate of drug-likeness (QED) is 0.611. The van der Waals surface area contributed by atoms with Crippen molar-refractivity contribution in [3.05, 3.63) is 17.9 Å². The lowest BCUT2D eigenvalue weighted by atomic mass is 10.2. The molecule has 0 amide bonds. The molecule has 0 unspecified atom stereocenters. The highest BCUT2D eigenvalue weighted by Gasteiger charge is 2.11. The Morgan fingerprint density at radius 2 is 2.06 bits per heavy atom. The summed E-state index contributed by atoms with van der Waals surface area (Å²) < 4.78 is 23.3. The van der Waals surface area contributed by atoms with E-state index in [0.29, 0.717) is 12.3 Å². The summed E-state index contributed by atoms with van der Waals surface area (Å²) in [6.07, 6.45) is 0.881. The van der Waals surface area contributed by atoms with E-state index in [1.54, 1.807) is 13.2 Å². The molecule has 4 nitrogen and oxygen atoms in total. The van der Waals surface area contributed by atoms with Gasteiger partial charge < -0.3 is 20.1 Å². The van der Waals surface area contributed by atoms with Crippen LogP contribution in [0.3, 0.4) is 0 Å². The van der Waals surface area contributed by atoms with Crippen molar-refractivity contribution in [2.75, 3.05) is 45.1 Å². The van der Waals surface area contributed by atoms with E-state index in [9.17, 15) is 4.39 Å². The summed E-state index contributed by atoms with van der Waals surface area (Å²) in [5.41, 5.74) is 6.95. The molecule has 96 valence electrons. The summed E-state index contributed by atoms with van der Waals surface area (Å²) in [5, 5.41) is 0. The molecule has 1 aromatic carbocycles. The second kappa shape index (κ2) is 6.30. The number of methoxy groups -OCH3 is 2. The summed E-state index contributed by atoms with van der Waals surface area (Å²) in [6, 6.07) is 2.89. The van der Waals surface area contributed by atoms with Crippen molar-refractivity contribution in [2.24, 2.45) is 0 Å². The minimum atomic E-state index is -0.445. The van der Waals surface area contributed by atoms with E-state index in [-0.39, 0.29) is 5.75 Å². The van der Waals surface area contributed by atoms with Gasteiger partial charge in [0.15, 0.2) is 11.6 Å². The third-order valence-electron chi connectivity index (χ3n) is 2.55. The molecule has 0 atom stereocenters. The van der Waals surface area contributed by atoms with E-state index in [0.717, 1.165) is 18.7 Å². The lowest BCUT2D eigenvalue weighted by Gasteiger charge is -2.21. The van der Waals surface area contributed by atoms with Crippen LogP contribution in [0, 0.1) is 5.82 Å². The molecule has 2 N–H and O–H groups in total. The maximum absolute atomic E-state index is 13.4. The van der Waals surface area contributed by atoms with Crippen LogP contribution in [0.1, 0.15) is 6.42 Å². The molecule has 0 spiro atoms. The van der Waals surface area contributed by atoms with Crippen LogP contribution in [0.2, 0.25) is 0 Å². The van der Waals surface area contributed by atoms with Crippen LogP contribution >= 0.6 is 0 Å². The van der Waals surface area contributed by atoms with E-state index in [1.807, 2.05) is 11.9 Å². The zero-order valence-corrected chi connectivity index (χ0v) is 10.5. The fraction of sp³-hybridized carbons (Fsp3) is 0.500. The molecular weight excluding hydrogens is 223 g/mol. The number of nitrogens with two attached hydrogens (primary N) is 1. The first-order valence-corrected chi connectivity index (χ1v) is 5.43. The molecule has 0 aliphatic carbocycles. The van der Waals surface area contributed by atoms with Crippen molar-refractivity contribution in [3.63, 3.8) is 0 Å². The Balaban J connectivity index is 2.81. The van der Waals surface area contributed by atoms with Crippen LogP contribution in [0.5, 0.6) is 5.75 Å². The summed E-state index contributed by atoms with van der Waals surface area (Å²) in [4.78, 5) is 1.95. The molecule has 0 aliphatic rings. The standard InChI is InChI=1S/C12H19FN2O2/c1-15(5-4-6-16-2)11-8-12(17-3)9(13)7-10(11)14/h7-8H,4-6,14H2,1-3H3. The van der Waals surface area contributed by atoms with Crippen LogP contribution in [-0.2, 0) is 4.74 Å². The second-order valence-electron chi connectivity index (χ2n) is 3.81. The smallest absolute Gasteiger partial charge is 0.167 e. The van der Waals surface area contributed by atoms with E-state index >= 15 is 0 Å². The van der Waals surface area contributed by atoms with E-state index in [1.165, 1.54) is 13.2 Å². The van der Waals surface area contributed by atoms with Crippen LogP contribution in [0.15, 0.2) is 12.1 Å². The zero-order valence-electron chi connectivity index (χ0n) is 10.5. The largest absolute Gasteiger partial charge is 0.494 e. The topological polar surface area (TPSA) is 47.7 Å². The number of hydrogen-bond donors (Lipinski definition) is 1. The summed E-state index contributed by atoms with van der Waals surface area (Å²) in [6.45, 7) is 1.47. The molecular formula is C12H19FN2O2. The zero-order chi connectivity index (χ0) is 12.8. The third kappa shape index (κ3) is 3.49. The molecule has 1 aromatic rings. The van der Waals surface area contributed by atoms with Gasteiger partial charge in [-0.25, -0.2) is 4.39 Å². The van der Waals surface area contributed by atoms with Gasteiger partial charge in [0.25, 0.3) is 0 Å². The van der Waals surface area contributed by atoms with Crippen LogP contribution in [0.25, 0.3) is 0 Å². The van der Waals surface area contributed by atoms with Gasteiger partial charge in [-0.15, -0.1) is 0 Å². The van der Waals surface area contributed by atoms with E-state index in [2.05, 4.69) is 0 Å². The lowest BCUT2D eigenvalue weighted by Crippen LogP contribution is -2.21. The monoisotopic (exact) mass is 242 g/mol. The first kappa shape index (κ1) is 13.6. The maximum Gasteiger partial charge on any atom is 0.167 e. The number of ether oxygens (including phenoxy) is 2. The molecule has 0 aromatic heterocycles. The molecule has 0 saturated carbocycles. The van der Waals surface area contributed by atoms with Gasteiger partial charge in [-0.1, -0.05) is 0 Å². The Morgan fingerprint density at radius 1 is 1.35 bits per heavy atom. The molecule has 1 rings (SSSR count). The minimum Gasteiger partial charge on any atom is -0.494 e. The van der Waals surface area contributed by atoms with Gasteiger partial charge in [-0.3, -0.25) is 0 Å². The van der Waals surface area contributed by atoms with E-state index < -0.39 is 5.82 Å². The van der Waals surface area contributed by atoms with Gasteiger partial charge in [0.2, 0.25) is 0 Å². The van der Waals surface area contributed by atoms with Crippen molar-refractivity contribution in [1.82, 2.24) is 0 Å². The number of nitrogen functional groups attached to an aromatic ring is 1. The highest BCUT2D eigenvalue weighted by molar-refractivity contribution is 5.69. The van der Waals surface area contributed by atoms with Crippen molar-refractivity contribution >= 4 is 11.4 Å². The molecule has 0 aliphatic heterocycles. The van der Waals surface area contributed by atoms with Gasteiger partial charge >= 0.3 is 0 Å². The molecule has 0 radical (unpaired) electrons. The summed E-state index contributed by atoms with van der Waals surface area (Å²) in [5.74, 6) is -0.244. The minimum absolute atomic E-state index is 0.202. The van der Waals surface area contributed by atoms with E-state index in [4.69, 9.17) is 15.2 Å². The van der Waals surface area contributed by atoms with Crippen molar-refractivity contribution in [1.29, 1.82) is 0 Å². The molecule has 0 bridgehead atoms. The number of benzene rings is 1. The Labute approximate surface area is 101 Å². The molecule has 0 fully saturated rings. The average molecular weight is 242 g/mol. The molecule has 17 heavy (non-hydrogen) atoms. The molecule has 5 heteroatoms. The van der Waals surface area contributed by atoms with Gasteiger partial charge in [0.05, 0.1) is 18.5 Å². The van der Waals surface area contributed by atoms with Crippen LogP contribution < -0.4 is 15.4 Å². The van der Waals surface area contributed by atoms with Gasteiger partial charge in [-0.05, 0) is 6.42 Å². The van der Waals surface area contributed by atoms with Crippen LogP contribution in [-0.4, -0.2) is 34.4 Å². The van der Waals surface area contributed by atoms with Gasteiger partial charge in [0.1, 0.15) is 0 Å². The first-order valence-electron chi connectivity index (χ1n) is 5.43. The lowest BCUT2D eigenvalue weighted by molar-refractivity contribution is 0.196. The van der Waals surface area contributed by atoms with Crippen LogP contribution in [0.4, 0.5) is 15.8 Å². The predicted molar refractivity (Wildman–Crippen MR) is 67.1 cm³/mol. The maximum atomic E-state index is 13.4. The number of anilines is 2. The fourth-order valence-electron chi connectivity index (χ4n) is 1.61. The third-order valence-corrected chi connectivity index (χ3v) is 2.55. The number of halogens is 1. The summed E-state index contributed by atoms with van der Waals surface area (Å²) in [7, 11) is 5.00. The highest BCUT2D eigenvalue weighted by Crippen LogP contribution is 2.30. The van der Waals surface area contributed by atoms with Gasteiger partial charge in [-0.2, -0.15) is 0 Å². The predicted octanol–water partition coefficient (Wildman–Crippen LogP) is 1.89. The van der Waals surface area contributed by atoms with Crippen molar-refractivity contribution in [3.8, 4) is 5.75 Å². The highest BCUT2D eigenvalue weighted by atomic mass is 19.1. The summed E-state index contributed by atoms with van der Waals surface area (Å²) >= 11 is 0. The first-order chi connectivity index (χ1) is 8.10. The second-order valence-corrected chi connectivity index (χ2v) is 3.81. The number of hydrogen-bond acceptors (Lipinski definition) is 4. The SMILES string of the molecule is COCCCN(C)c1cc(OC)c(F)cc1N. The fourth-order valence-corrected chi connectivity index (χ4v) is 1.61. The van der Waals surface area contributed by atoms with Gasteiger partial charge in [0, 0.05) is 39.4 Å². The number of rotatable bonds is 6. The molecule has 0 saturated heterocycles. The number of nitrogens with zero attached hydrogens (tertiary/aromatic N) is 1. The van der Waals surface area contributed by atoms with Crippen molar-refractivity contribution in [2.45, 2.75) is 6.42 Å². The normalized spacial score (nSPS) is 10.4. The average Bonchev–Trinajstić information content (AvgIpc) is 2.29. The Hall–Kier alpha value is -1.49. The van der Waals surface area contributed by atoms with Crippen molar-refractivity contribution < 1.29 is 13.9 Å². The Morgan fingerprint density at radius 3 is 2.65 bits per heavy atom. The molecule has 0 heterocycles. The Bertz CT molecular complexity index is 372. The Kier molecular flexibility index (Phi) is 5.03.